The van der Waals surface area contributed by atoms with Crippen LogP contribution in [0.3, 0.4) is 0 Å². The maximum Gasteiger partial charge on any atom is 0.171 e. The Morgan fingerprint density at radius 3 is 2.36 bits per heavy atom. The van der Waals surface area contributed by atoms with Crippen LogP contribution in [0.1, 0.15) is 40.0 Å². The molecule has 0 bridgehead atoms. The third-order valence-electron chi connectivity index (χ3n) is 3.75. The molecule has 0 radical (unpaired) electrons. The van der Waals surface area contributed by atoms with Gasteiger partial charge in [-0.25, -0.2) is 0 Å². The summed E-state index contributed by atoms with van der Waals surface area (Å²) in [5, 5.41) is 0. The highest BCUT2D eigenvalue weighted by Crippen LogP contribution is 2.45. The second-order valence-corrected chi connectivity index (χ2v) is 5.25. The molecule has 1 spiro atoms. The van der Waals surface area contributed by atoms with Crippen molar-refractivity contribution in [1.82, 2.24) is 0 Å². The van der Waals surface area contributed by atoms with Gasteiger partial charge in [0.1, 0.15) is 0 Å². The highest BCUT2D eigenvalue weighted by molar-refractivity contribution is 4.90. The summed E-state index contributed by atoms with van der Waals surface area (Å²) in [6.45, 7) is 8.45. The fourth-order valence-electron chi connectivity index (χ4n) is 3.07. The van der Waals surface area contributed by atoms with Crippen LogP contribution in [0.4, 0.5) is 0 Å². The Morgan fingerprint density at radius 2 is 1.79 bits per heavy atom. The largest absolute Gasteiger partial charge is 0.347 e. The van der Waals surface area contributed by atoms with Crippen LogP contribution in [-0.2, 0) is 9.47 Å². The molecule has 0 N–H and O–H groups in total. The molecule has 2 atom stereocenters. The molecule has 1 saturated carbocycles. The zero-order chi connectivity index (χ0) is 10.2. The molecule has 0 aromatic carbocycles. The fourth-order valence-corrected chi connectivity index (χ4v) is 3.07. The molecule has 1 aliphatic heterocycles. The summed E-state index contributed by atoms with van der Waals surface area (Å²) in [5.74, 6) is 1.80. The molecule has 2 aliphatic rings. The average molecular weight is 198 g/mol. The van der Waals surface area contributed by atoms with Crippen LogP contribution in [0.2, 0.25) is 0 Å². The van der Waals surface area contributed by atoms with E-state index in [9.17, 15) is 0 Å². The first-order valence-electron chi connectivity index (χ1n) is 5.92. The van der Waals surface area contributed by atoms with Crippen LogP contribution in [0, 0.1) is 17.8 Å². The molecular formula is C12H22O2. The second kappa shape index (κ2) is 3.82. The summed E-state index contributed by atoms with van der Waals surface area (Å²) < 4.78 is 11.8. The third-order valence-corrected chi connectivity index (χ3v) is 3.75. The van der Waals surface area contributed by atoms with Gasteiger partial charge in [-0.3, -0.25) is 0 Å². The minimum atomic E-state index is -0.216. The predicted octanol–water partition coefficient (Wildman–Crippen LogP) is 2.82. The van der Waals surface area contributed by atoms with E-state index < -0.39 is 0 Å². The third kappa shape index (κ3) is 1.70. The first kappa shape index (κ1) is 10.4. The molecule has 82 valence electrons. The average Bonchev–Trinajstić information content (AvgIpc) is 2.52. The summed E-state index contributed by atoms with van der Waals surface area (Å²) in [7, 11) is 0. The molecule has 2 fully saturated rings. The monoisotopic (exact) mass is 198 g/mol. The van der Waals surface area contributed by atoms with Crippen LogP contribution in [0.25, 0.3) is 0 Å². The summed E-state index contributed by atoms with van der Waals surface area (Å²) in [5.41, 5.74) is 0. The van der Waals surface area contributed by atoms with Gasteiger partial charge in [0.2, 0.25) is 0 Å². The van der Waals surface area contributed by atoms with Gasteiger partial charge in [-0.1, -0.05) is 27.2 Å². The van der Waals surface area contributed by atoms with Crippen molar-refractivity contribution in [1.29, 1.82) is 0 Å². The molecule has 2 rings (SSSR count). The normalized spacial score (nSPS) is 36.9. The van der Waals surface area contributed by atoms with Crippen molar-refractivity contribution in [2.24, 2.45) is 17.8 Å². The van der Waals surface area contributed by atoms with Crippen LogP contribution in [-0.4, -0.2) is 19.0 Å². The smallest absolute Gasteiger partial charge is 0.171 e. The van der Waals surface area contributed by atoms with E-state index >= 15 is 0 Å². The SMILES string of the molecule is CC1CCC(C(C)C)C2(C1)OCCO2. The predicted molar refractivity (Wildman–Crippen MR) is 56.0 cm³/mol. The van der Waals surface area contributed by atoms with Crippen molar-refractivity contribution in [3.63, 3.8) is 0 Å². The first-order chi connectivity index (χ1) is 6.64. The van der Waals surface area contributed by atoms with Gasteiger partial charge in [0.05, 0.1) is 13.2 Å². The van der Waals surface area contributed by atoms with E-state index in [1.54, 1.807) is 0 Å². The van der Waals surface area contributed by atoms with Crippen molar-refractivity contribution < 1.29 is 9.47 Å². The summed E-state index contributed by atoms with van der Waals surface area (Å²) in [4.78, 5) is 0. The van der Waals surface area contributed by atoms with E-state index in [0.717, 1.165) is 25.6 Å². The van der Waals surface area contributed by atoms with E-state index in [-0.39, 0.29) is 5.79 Å². The van der Waals surface area contributed by atoms with Crippen LogP contribution in [0.15, 0.2) is 0 Å². The van der Waals surface area contributed by atoms with E-state index in [2.05, 4.69) is 20.8 Å². The molecule has 14 heavy (non-hydrogen) atoms. The standard InChI is InChI=1S/C12H22O2/c1-9(2)11-5-4-10(3)8-12(11)13-6-7-14-12/h9-11H,4-8H2,1-3H3. The molecule has 1 saturated heterocycles. The molecule has 2 heteroatoms. The molecule has 0 amide bonds. The number of ether oxygens (including phenoxy) is 2. The number of hydrogen-bond acceptors (Lipinski definition) is 2. The van der Waals surface area contributed by atoms with Gasteiger partial charge in [0.15, 0.2) is 5.79 Å². The number of hydrogen-bond donors (Lipinski definition) is 0. The van der Waals surface area contributed by atoms with Crippen molar-refractivity contribution >= 4 is 0 Å². The lowest BCUT2D eigenvalue weighted by molar-refractivity contribution is -0.230. The lowest BCUT2D eigenvalue weighted by Crippen LogP contribution is -2.46. The number of rotatable bonds is 1. The van der Waals surface area contributed by atoms with Crippen molar-refractivity contribution in [2.75, 3.05) is 13.2 Å². The Hall–Kier alpha value is -0.0800. The van der Waals surface area contributed by atoms with Gasteiger partial charge in [0.25, 0.3) is 0 Å². The second-order valence-electron chi connectivity index (χ2n) is 5.25. The quantitative estimate of drug-likeness (QED) is 0.645. The van der Waals surface area contributed by atoms with Gasteiger partial charge >= 0.3 is 0 Å². The van der Waals surface area contributed by atoms with Crippen molar-refractivity contribution in [2.45, 2.75) is 45.8 Å². The summed E-state index contributed by atoms with van der Waals surface area (Å²) >= 11 is 0. The highest BCUT2D eigenvalue weighted by Gasteiger charge is 2.48. The van der Waals surface area contributed by atoms with Gasteiger partial charge in [0, 0.05) is 12.3 Å². The molecular weight excluding hydrogens is 176 g/mol. The Kier molecular flexibility index (Phi) is 2.85. The van der Waals surface area contributed by atoms with Crippen LogP contribution >= 0.6 is 0 Å². The van der Waals surface area contributed by atoms with E-state index in [4.69, 9.17) is 9.47 Å². The lowest BCUT2D eigenvalue weighted by atomic mass is 9.73. The summed E-state index contributed by atoms with van der Waals surface area (Å²) in [6, 6.07) is 0. The Morgan fingerprint density at radius 1 is 1.14 bits per heavy atom. The lowest BCUT2D eigenvalue weighted by Gasteiger charge is -2.43. The van der Waals surface area contributed by atoms with Crippen LogP contribution in [0.5, 0.6) is 0 Å². The molecule has 1 heterocycles. The summed E-state index contributed by atoms with van der Waals surface area (Å²) in [6.07, 6.45) is 3.69. The molecule has 0 aromatic rings. The van der Waals surface area contributed by atoms with Crippen LogP contribution < -0.4 is 0 Å². The van der Waals surface area contributed by atoms with Gasteiger partial charge < -0.3 is 9.47 Å². The van der Waals surface area contributed by atoms with Crippen molar-refractivity contribution in [3.8, 4) is 0 Å². The zero-order valence-electron chi connectivity index (χ0n) is 9.58. The van der Waals surface area contributed by atoms with E-state index in [0.29, 0.717) is 11.8 Å². The molecule has 2 nitrogen and oxygen atoms in total. The molecule has 2 unspecified atom stereocenters. The molecule has 0 aromatic heterocycles. The van der Waals surface area contributed by atoms with Gasteiger partial charge in [-0.15, -0.1) is 0 Å². The highest BCUT2D eigenvalue weighted by atomic mass is 16.7. The maximum absolute atomic E-state index is 5.90. The first-order valence-corrected chi connectivity index (χ1v) is 5.92. The zero-order valence-corrected chi connectivity index (χ0v) is 9.58. The minimum absolute atomic E-state index is 0.216. The molecule has 1 aliphatic carbocycles. The van der Waals surface area contributed by atoms with Gasteiger partial charge in [-0.05, 0) is 18.3 Å². The Bertz CT molecular complexity index is 194. The fraction of sp³-hybridized carbons (Fsp3) is 1.00. The van der Waals surface area contributed by atoms with E-state index in [1.807, 2.05) is 0 Å². The topological polar surface area (TPSA) is 18.5 Å². The van der Waals surface area contributed by atoms with Gasteiger partial charge in [-0.2, -0.15) is 0 Å². The van der Waals surface area contributed by atoms with Crippen molar-refractivity contribution in [3.05, 3.63) is 0 Å². The van der Waals surface area contributed by atoms with E-state index in [1.165, 1.54) is 12.8 Å². The Labute approximate surface area is 87.0 Å². The maximum atomic E-state index is 5.90. The Balaban J connectivity index is 2.14. The minimum Gasteiger partial charge on any atom is -0.347 e.